The van der Waals surface area contributed by atoms with Gasteiger partial charge in [0.05, 0.1) is 0 Å². The Balaban J connectivity index is -0.0000000232. The maximum Gasteiger partial charge on any atom is 0 e. The normalized spacial score (nSPS) is 9.83. The zero-order valence-electron chi connectivity index (χ0n) is 11.8. The van der Waals surface area contributed by atoms with E-state index in [0.717, 1.165) is 12.8 Å². The van der Waals surface area contributed by atoms with Gasteiger partial charge in [-0.25, -0.2) is 4.39 Å². The summed E-state index contributed by atoms with van der Waals surface area (Å²) in [5.41, 5.74) is -0.962. The quantitative estimate of drug-likeness (QED) is 0.329. The number of hydrogen-bond acceptors (Lipinski definition) is 0. The van der Waals surface area contributed by atoms with Gasteiger partial charge in [-0.15, -0.1) is 11.8 Å². The summed E-state index contributed by atoms with van der Waals surface area (Å²) in [7, 11) is 0. The summed E-state index contributed by atoms with van der Waals surface area (Å²) in [6.07, 6.45) is 2.68. The molecule has 2 radical (unpaired) electrons. The number of alkyl halides is 1. The van der Waals surface area contributed by atoms with Crippen LogP contribution in [0.1, 0.15) is 32.6 Å². The summed E-state index contributed by atoms with van der Waals surface area (Å²) in [6, 6.07) is 0. The second-order valence-electron chi connectivity index (χ2n) is 2.77. The van der Waals surface area contributed by atoms with Crippen molar-refractivity contribution in [1.82, 2.24) is 0 Å². The first kappa shape index (κ1) is 49.5. The van der Waals surface area contributed by atoms with Crippen LogP contribution in [-0.2, 0) is 61.5 Å². The van der Waals surface area contributed by atoms with Gasteiger partial charge in [0.25, 0.3) is 0 Å². The molecule has 0 heterocycles. The molecule has 9 heteroatoms. The number of rotatable bonds is 0. The minimum atomic E-state index is -0.962. The van der Waals surface area contributed by atoms with Crippen molar-refractivity contribution in [2.45, 2.75) is 38.3 Å². The first-order valence-corrected chi connectivity index (χ1v) is 4.58. The summed E-state index contributed by atoms with van der Waals surface area (Å²) >= 11 is 0. The van der Waals surface area contributed by atoms with E-state index in [2.05, 4.69) is 51.7 Å². The largest absolute Gasteiger partial charge is 0 e. The smallest absolute Gasteiger partial charge is 0 e. The van der Waals surface area contributed by atoms with Gasteiger partial charge in [-0.1, -0.05) is 0 Å². The molecule has 1 aliphatic carbocycles. The van der Waals surface area contributed by atoms with Crippen LogP contribution in [-0.4, -0.2) is 5.67 Å². The van der Waals surface area contributed by atoms with Gasteiger partial charge in [-0.2, -0.15) is 0 Å². The standard InChI is InChI=1S/C8H11F.6CO.2Co/c1-8(9)6-4-2-3-5-7-8;6*1-2;;/h4-7H2,1H3;;;;;;;;. The van der Waals surface area contributed by atoms with E-state index in [4.69, 9.17) is 27.9 Å². The van der Waals surface area contributed by atoms with Crippen molar-refractivity contribution in [3.05, 3.63) is 39.9 Å². The van der Waals surface area contributed by atoms with Gasteiger partial charge in [-0.05, 0) is 19.8 Å². The zero-order valence-corrected chi connectivity index (χ0v) is 13.9. The molecule has 0 saturated carbocycles. The van der Waals surface area contributed by atoms with E-state index in [0.29, 0.717) is 12.8 Å². The summed E-state index contributed by atoms with van der Waals surface area (Å²) in [5.74, 6) is 5.83. The average molecular weight is 412 g/mol. The SMILES string of the molecule is CC1(F)CCC#CCC1.[C-]#[O+].[C-]#[O+].[C-]#[O+].[C-]#[O+].[C-]#[O+].[C-]#[O+].[Co].[Co]. The van der Waals surface area contributed by atoms with Crippen molar-refractivity contribution >= 4 is 0 Å². The van der Waals surface area contributed by atoms with Crippen LogP contribution >= 0.6 is 0 Å². The van der Waals surface area contributed by atoms with E-state index in [-0.39, 0.29) is 33.6 Å². The van der Waals surface area contributed by atoms with Gasteiger partial charge in [-0.3, -0.25) is 0 Å². The van der Waals surface area contributed by atoms with Crippen LogP contribution in [0.25, 0.3) is 0 Å². The molecule has 1 aliphatic rings. The van der Waals surface area contributed by atoms with Crippen molar-refractivity contribution in [2.24, 2.45) is 0 Å². The first-order valence-electron chi connectivity index (χ1n) is 4.58. The Kier molecular flexibility index (Phi) is 150. The Labute approximate surface area is 156 Å². The van der Waals surface area contributed by atoms with Crippen molar-refractivity contribution in [3.63, 3.8) is 0 Å². The molecule has 0 aromatic carbocycles. The molecule has 0 amide bonds. The molecule has 0 aromatic heterocycles. The Morgan fingerprint density at radius 1 is 0.652 bits per heavy atom. The van der Waals surface area contributed by atoms with Gasteiger partial charge in [0.2, 0.25) is 0 Å². The van der Waals surface area contributed by atoms with Crippen LogP contribution in [0.15, 0.2) is 0 Å². The van der Waals surface area contributed by atoms with E-state index in [1.54, 1.807) is 6.92 Å². The molecule has 6 nitrogen and oxygen atoms in total. The van der Waals surface area contributed by atoms with E-state index in [1.807, 2.05) is 0 Å². The molecule has 0 aromatic rings. The van der Waals surface area contributed by atoms with Crippen molar-refractivity contribution in [2.75, 3.05) is 0 Å². The van der Waals surface area contributed by atoms with E-state index < -0.39 is 5.67 Å². The molecule has 0 atom stereocenters. The summed E-state index contributed by atoms with van der Waals surface area (Å²) < 4.78 is 58.1. The third-order valence-corrected chi connectivity index (χ3v) is 1.67. The monoisotopic (exact) mass is 412 g/mol. The summed E-state index contributed by atoms with van der Waals surface area (Å²) in [6.45, 7) is 28.7. The minimum absolute atomic E-state index is 0. The van der Waals surface area contributed by atoms with Gasteiger partial charge in [0.1, 0.15) is 5.67 Å². The van der Waals surface area contributed by atoms with Crippen molar-refractivity contribution in [1.29, 1.82) is 0 Å². The molecular weight excluding hydrogens is 401 g/mol. The fraction of sp³-hybridized carbons (Fsp3) is 0.429. The number of hydrogen-bond donors (Lipinski definition) is 0. The zero-order chi connectivity index (χ0) is 18.7. The van der Waals surface area contributed by atoms with Crippen LogP contribution in [0, 0.1) is 51.7 Å². The summed E-state index contributed by atoms with van der Waals surface area (Å²) in [5, 5.41) is 0. The third-order valence-electron chi connectivity index (χ3n) is 1.67. The Morgan fingerprint density at radius 2 is 0.826 bits per heavy atom. The first-order chi connectivity index (χ1) is 10.2. The molecule has 0 spiro atoms. The van der Waals surface area contributed by atoms with Gasteiger partial charge in [0.15, 0.2) is 0 Å². The molecule has 0 N–H and O–H groups in total. The van der Waals surface area contributed by atoms with Crippen LogP contribution in [0.3, 0.4) is 0 Å². The fourth-order valence-corrected chi connectivity index (χ4v) is 0.948. The average Bonchev–Trinajstić information content (AvgIpc) is 2.82. The maximum atomic E-state index is 13.1. The van der Waals surface area contributed by atoms with Gasteiger partial charge >= 0.3 is 67.8 Å². The predicted octanol–water partition coefficient (Wildman–Crippen LogP) is 2.06. The summed E-state index contributed by atoms with van der Waals surface area (Å²) in [4.78, 5) is 0. The third kappa shape index (κ3) is 76.0. The predicted molar refractivity (Wildman–Crippen MR) is 59.3 cm³/mol. The Hall–Kier alpha value is -1.06. The molecule has 0 fully saturated rings. The van der Waals surface area contributed by atoms with Crippen LogP contribution in [0.2, 0.25) is 0 Å². The molecule has 0 aliphatic heterocycles. The van der Waals surface area contributed by atoms with Gasteiger partial charge < -0.3 is 0 Å². The second-order valence-corrected chi connectivity index (χ2v) is 2.77. The molecule has 1 rings (SSSR count). The molecular formula is C14H11Co2FO6. The van der Waals surface area contributed by atoms with E-state index in [9.17, 15) is 4.39 Å². The molecule has 0 unspecified atom stereocenters. The van der Waals surface area contributed by atoms with Crippen LogP contribution in [0.5, 0.6) is 0 Å². The fourth-order valence-electron chi connectivity index (χ4n) is 0.948. The molecule has 0 bridgehead atoms. The molecule has 0 saturated heterocycles. The Bertz CT molecular complexity index is 311. The molecule has 23 heavy (non-hydrogen) atoms. The number of halogens is 1. The second kappa shape index (κ2) is 69.6. The van der Waals surface area contributed by atoms with Crippen LogP contribution < -0.4 is 0 Å². The Morgan fingerprint density at radius 3 is 1.00 bits per heavy atom. The van der Waals surface area contributed by atoms with E-state index in [1.165, 1.54) is 0 Å². The minimum Gasteiger partial charge on any atom is 0 e. The van der Waals surface area contributed by atoms with Crippen molar-refractivity contribution in [3.8, 4) is 11.8 Å². The van der Waals surface area contributed by atoms with Crippen molar-refractivity contribution < 1.29 is 65.9 Å². The van der Waals surface area contributed by atoms with E-state index >= 15 is 0 Å². The van der Waals surface area contributed by atoms with Gasteiger partial charge in [0, 0.05) is 46.4 Å². The van der Waals surface area contributed by atoms with Crippen LogP contribution in [0.4, 0.5) is 4.39 Å². The maximum absolute atomic E-state index is 13.1. The topological polar surface area (TPSA) is 119 Å². The molecule has 128 valence electrons.